The minimum absolute atomic E-state index is 0.319. The van der Waals surface area contributed by atoms with Crippen LogP contribution in [0.2, 0.25) is 0 Å². The molecule has 1 aromatic heterocycles. The summed E-state index contributed by atoms with van der Waals surface area (Å²) in [6, 6.07) is 3.71. The fourth-order valence-electron chi connectivity index (χ4n) is 1.77. The van der Waals surface area contributed by atoms with Gasteiger partial charge in [-0.2, -0.15) is 0 Å². The molecule has 0 aromatic carbocycles. The Hall–Kier alpha value is -1.43. The highest BCUT2D eigenvalue weighted by atomic mass is 32.2. The molecule has 1 amide bonds. The third-order valence-electron chi connectivity index (χ3n) is 2.79. The molecular formula is C11H15N3O2S. The molecule has 1 aliphatic rings. The van der Waals surface area contributed by atoms with E-state index in [-0.39, 0.29) is 0 Å². The van der Waals surface area contributed by atoms with E-state index in [4.69, 9.17) is 5.73 Å². The van der Waals surface area contributed by atoms with Crippen molar-refractivity contribution >= 4 is 22.5 Å². The summed E-state index contributed by atoms with van der Waals surface area (Å²) >= 11 is 0. The lowest BCUT2D eigenvalue weighted by Gasteiger charge is -2.22. The van der Waals surface area contributed by atoms with Crippen LogP contribution in [0, 0.1) is 0 Å². The van der Waals surface area contributed by atoms with Gasteiger partial charge >= 0.3 is 0 Å². The molecule has 0 bridgehead atoms. The van der Waals surface area contributed by atoms with Gasteiger partial charge in [0.05, 0.1) is 5.56 Å². The highest BCUT2D eigenvalue weighted by Gasteiger charge is 2.17. The lowest BCUT2D eigenvalue weighted by molar-refractivity contribution is 0.1000. The first-order valence-corrected chi connectivity index (χ1v) is 7.01. The quantitative estimate of drug-likeness (QED) is 0.821. The third-order valence-corrected chi connectivity index (χ3v) is 4.17. The molecule has 0 unspecified atom stereocenters. The Kier molecular flexibility index (Phi) is 3.73. The lowest BCUT2D eigenvalue weighted by atomic mass is 10.1. The molecule has 92 valence electrons. The highest BCUT2D eigenvalue weighted by molar-refractivity contribution is 7.85. The fourth-order valence-corrected chi connectivity index (χ4v) is 3.07. The van der Waals surface area contributed by atoms with E-state index in [0.717, 1.165) is 30.2 Å². The zero-order chi connectivity index (χ0) is 12.3. The van der Waals surface area contributed by atoms with Gasteiger partial charge in [-0.05, 0) is 25.0 Å². The van der Waals surface area contributed by atoms with Crippen molar-refractivity contribution in [1.29, 1.82) is 0 Å². The second kappa shape index (κ2) is 5.27. The van der Waals surface area contributed by atoms with Crippen molar-refractivity contribution in [2.24, 2.45) is 5.73 Å². The van der Waals surface area contributed by atoms with E-state index in [1.54, 1.807) is 12.1 Å². The number of nitrogens with one attached hydrogen (secondary N) is 1. The Bertz CT molecular complexity index is 423. The molecule has 1 saturated heterocycles. The van der Waals surface area contributed by atoms with Crippen LogP contribution in [0.1, 0.15) is 23.2 Å². The standard InChI is InChI=1S/C11H15N3O2S/c12-11(15)8-1-2-10(13-7-8)14-9-3-5-17(16)6-4-9/h1-2,7,9H,3-6H2,(H2,12,15)(H,13,14). The minimum atomic E-state index is -0.650. The number of aromatic nitrogens is 1. The first-order chi connectivity index (χ1) is 8.15. The van der Waals surface area contributed by atoms with Gasteiger partial charge in [0, 0.05) is 34.5 Å². The van der Waals surface area contributed by atoms with Crippen LogP contribution in [0.25, 0.3) is 0 Å². The summed E-state index contributed by atoms with van der Waals surface area (Å²) in [6.45, 7) is 0. The first kappa shape index (κ1) is 12.0. The molecule has 0 atom stereocenters. The van der Waals surface area contributed by atoms with Gasteiger partial charge in [-0.25, -0.2) is 4.98 Å². The molecule has 3 N–H and O–H groups in total. The Labute approximate surface area is 102 Å². The van der Waals surface area contributed by atoms with E-state index < -0.39 is 16.7 Å². The van der Waals surface area contributed by atoms with E-state index in [1.807, 2.05) is 0 Å². The average molecular weight is 253 g/mol. The summed E-state index contributed by atoms with van der Waals surface area (Å²) < 4.78 is 11.2. The van der Waals surface area contributed by atoms with Gasteiger partial charge < -0.3 is 11.1 Å². The van der Waals surface area contributed by atoms with E-state index in [9.17, 15) is 9.00 Å². The molecule has 17 heavy (non-hydrogen) atoms. The Balaban J connectivity index is 1.95. The van der Waals surface area contributed by atoms with Gasteiger partial charge in [0.1, 0.15) is 5.82 Å². The zero-order valence-electron chi connectivity index (χ0n) is 9.39. The molecule has 0 saturated carbocycles. The molecule has 2 rings (SSSR count). The summed E-state index contributed by atoms with van der Waals surface area (Å²) in [5, 5.41) is 3.27. The van der Waals surface area contributed by atoms with Gasteiger partial charge in [-0.1, -0.05) is 0 Å². The summed E-state index contributed by atoms with van der Waals surface area (Å²) in [5.41, 5.74) is 5.53. The van der Waals surface area contributed by atoms with Crippen molar-refractivity contribution in [3.63, 3.8) is 0 Å². The second-order valence-electron chi connectivity index (χ2n) is 4.06. The number of hydrogen-bond donors (Lipinski definition) is 2. The molecule has 0 radical (unpaired) electrons. The topological polar surface area (TPSA) is 85.1 Å². The van der Waals surface area contributed by atoms with E-state index in [0.29, 0.717) is 11.6 Å². The van der Waals surface area contributed by atoms with Gasteiger partial charge in [0.25, 0.3) is 0 Å². The normalized spacial score (nSPS) is 24.2. The lowest BCUT2D eigenvalue weighted by Crippen LogP contribution is -2.29. The molecule has 1 fully saturated rings. The predicted octanol–water partition coefficient (Wildman–Crippen LogP) is 0.503. The largest absolute Gasteiger partial charge is 0.367 e. The third kappa shape index (κ3) is 3.26. The number of hydrogen-bond acceptors (Lipinski definition) is 4. The number of carbonyl (C=O) groups is 1. The van der Waals surface area contributed by atoms with Gasteiger partial charge in [-0.3, -0.25) is 9.00 Å². The maximum atomic E-state index is 11.2. The number of pyridine rings is 1. The number of nitrogens with two attached hydrogens (primary N) is 1. The van der Waals surface area contributed by atoms with Gasteiger partial charge in [0.2, 0.25) is 5.91 Å². The van der Waals surface area contributed by atoms with Crippen molar-refractivity contribution in [3.05, 3.63) is 23.9 Å². The number of amides is 1. The van der Waals surface area contributed by atoms with Crippen LogP contribution in [-0.4, -0.2) is 32.6 Å². The zero-order valence-corrected chi connectivity index (χ0v) is 10.2. The molecule has 2 heterocycles. The molecule has 1 aliphatic heterocycles. The van der Waals surface area contributed by atoms with Gasteiger partial charge in [-0.15, -0.1) is 0 Å². The van der Waals surface area contributed by atoms with Crippen LogP contribution < -0.4 is 11.1 Å². The van der Waals surface area contributed by atoms with Crippen LogP contribution in [0.4, 0.5) is 5.82 Å². The summed E-state index contributed by atoms with van der Waals surface area (Å²) in [5.74, 6) is 1.75. The van der Waals surface area contributed by atoms with E-state index in [2.05, 4.69) is 10.3 Å². The van der Waals surface area contributed by atoms with Crippen LogP contribution in [0.3, 0.4) is 0 Å². The molecule has 0 aliphatic carbocycles. The molecule has 6 heteroatoms. The molecule has 1 aromatic rings. The molecule has 0 spiro atoms. The van der Waals surface area contributed by atoms with Crippen LogP contribution in [0.15, 0.2) is 18.3 Å². The smallest absolute Gasteiger partial charge is 0.250 e. The number of primary amides is 1. The Morgan fingerprint density at radius 1 is 1.41 bits per heavy atom. The Morgan fingerprint density at radius 2 is 2.12 bits per heavy atom. The SMILES string of the molecule is NC(=O)c1ccc(NC2CCS(=O)CC2)nc1. The highest BCUT2D eigenvalue weighted by Crippen LogP contribution is 2.14. The van der Waals surface area contributed by atoms with Crippen LogP contribution >= 0.6 is 0 Å². The predicted molar refractivity (Wildman–Crippen MR) is 67.3 cm³/mol. The number of rotatable bonds is 3. The Morgan fingerprint density at radius 3 is 2.65 bits per heavy atom. The summed E-state index contributed by atoms with van der Waals surface area (Å²) in [7, 11) is -0.650. The average Bonchev–Trinajstić information content (AvgIpc) is 2.33. The fraction of sp³-hybridized carbons (Fsp3) is 0.455. The van der Waals surface area contributed by atoms with Crippen molar-refractivity contribution in [3.8, 4) is 0 Å². The summed E-state index contributed by atoms with van der Waals surface area (Å²) in [6.07, 6.45) is 3.25. The molecule has 5 nitrogen and oxygen atoms in total. The van der Waals surface area contributed by atoms with E-state index >= 15 is 0 Å². The maximum Gasteiger partial charge on any atom is 0.250 e. The van der Waals surface area contributed by atoms with Crippen molar-refractivity contribution < 1.29 is 9.00 Å². The second-order valence-corrected chi connectivity index (χ2v) is 5.76. The van der Waals surface area contributed by atoms with E-state index in [1.165, 1.54) is 6.20 Å². The van der Waals surface area contributed by atoms with Crippen molar-refractivity contribution in [1.82, 2.24) is 4.98 Å². The first-order valence-electron chi connectivity index (χ1n) is 5.52. The number of carbonyl (C=O) groups excluding carboxylic acids is 1. The molecular weight excluding hydrogens is 238 g/mol. The van der Waals surface area contributed by atoms with Crippen molar-refractivity contribution in [2.45, 2.75) is 18.9 Å². The number of nitrogens with zero attached hydrogens (tertiary/aromatic N) is 1. The number of anilines is 1. The van der Waals surface area contributed by atoms with Gasteiger partial charge in [0.15, 0.2) is 0 Å². The maximum absolute atomic E-state index is 11.2. The van der Waals surface area contributed by atoms with Crippen LogP contribution in [0.5, 0.6) is 0 Å². The van der Waals surface area contributed by atoms with Crippen molar-refractivity contribution in [2.75, 3.05) is 16.8 Å². The summed E-state index contributed by atoms with van der Waals surface area (Å²) in [4.78, 5) is 15.0. The monoisotopic (exact) mass is 253 g/mol. The minimum Gasteiger partial charge on any atom is -0.367 e. The van der Waals surface area contributed by atoms with Crippen LogP contribution in [-0.2, 0) is 10.8 Å².